The molecule has 1 aromatic rings. The first-order valence-corrected chi connectivity index (χ1v) is 7.72. The Morgan fingerprint density at radius 2 is 1.96 bits per heavy atom. The number of nitrogens with zero attached hydrogens (tertiary/aromatic N) is 1. The molecule has 0 bridgehead atoms. The first kappa shape index (κ1) is 18.8. The minimum absolute atomic E-state index is 0.0221. The average molecular weight is 322 g/mol. The Balaban J connectivity index is 2.71. The summed E-state index contributed by atoms with van der Waals surface area (Å²) < 4.78 is 10.4. The molecular weight excluding hydrogens is 296 g/mol. The van der Waals surface area contributed by atoms with E-state index in [1.54, 1.807) is 30.2 Å². The lowest BCUT2D eigenvalue weighted by atomic mass is 10.2. The van der Waals surface area contributed by atoms with Crippen LogP contribution in [0.1, 0.15) is 33.6 Å². The fraction of sp³-hybridized carbons (Fsp3) is 0.529. The van der Waals surface area contributed by atoms with E-state index in [0.29, 0.717) is 23.7 Å². The van der Waals surface area contributed by atoms with Crippen molar-refractivity contribution < 1.29 is 19.1 Å². The van der Waals surface area contributed by atoms with Gasteiger partial charge in [0.05, 0.1) is 19.9 Å². The van der Waals surface area contributed by atoms with Crippen LogP contribution in [0.2, 0.25) is 0 Å². The van der Waals surface area contributed by atoms with Crippen molar-refractivity contribution in [2.45, 2.75) is 39.7 Å². The van der Waals surface area contributed by atoms with E-state index in [0.717, 1.165) is 6.42 Å². The molecule has 6 nitrogen and oxygen atoms in total. The summed E-state index contributed by atoms with van der Waals surface area (Å²) in [5.74, 6) is 0.993. The largest absolute Gasteiger partial charge is 0.497 e. The van der Waals surface area contributed by atoms with Crippen LogP contribution in [0.3, 0.4) is 0 Å². The van der Waals surface area contributed by atoms with Crippen molar-refractivity contribution in [3.63, 3.8) is 0 Å². The Bertz CT molecular complexity index is 545. The predicted octanol–water partition coefficient (Wildman–Crippen LogP) is 2.68. The Morgan fingerprint density at radius 1 is 1.26 bits per heavy atom. The smallest absolute Gasteiger partial charge is 0.226 e. The van der Waals surface area contributed by atoms with E-state index in [-0.39, 0.29) is 24.3 Å². The van der Waals surface area contributed by atoms with Crippen LogP contribution in [-0.2, 0) is 9.59 Å². The van der Waals surface area contributed by atoms with Gasteiger partial charge in [0.25, 0.3) is 0 Å². The van der Waals surface area contributed by atoms with Crippen molar-refractivity contribution in [2.75, 3.05) is 26.1 Å². The topological polar surface area (TPSA) is 67.9 Å². The van der Waals surface area contributed by atoms with Crippen LogP contribution in [-0.4, -0.2) is 43.5 Å². The van der Waals surface area contributed by atoms with Crippen LogP contribution < -0.4 is 14.8 Å². The van der Waals surface area contributed by atoms with Crippen molar-refractivity contribution in [1.29, 1.82) is 0 Å². The van der Waals surface area contributed by atoms with Crippen molar-refractivity contribution in [3.8, 4) is 11.5 Å². The fourth-order valence-electron chi connectivity index (χ4n) is 2.26. The zero-order valence-corrected chi connectivity index (χ0v) is 14.5. The molecule has 0 aliphatic heterocycles. The van der Waals surface area contributed by atoms with Crippen molar-refractivity contribution in [3.05, 3.63) is 18.2 Å². The maximum absolute atomic E-state index is 12.2. The van der Waals surface area contributed by atoms with Gasteiger partial charge in [0, 0.05) is 32.0 Å². The van der Waals surface area contributed by atoms with Gasteiger partial charge in [-0.2, -0.15) is 0 Å². The number of rotatable bonds is 8. The van der Waals surface area contributed by atoms with Crippen LogP contribution in [0.4, 0.5) is 5.69 Å². The second-order valence-corrected chi connectivity index (χ2v) is 5.33. The molecule has 0 radical (unpaired) electrons. The van der Waals surface area contributed by atoms with Gasteiger partial charge in [-0.3, -0.25) is 9.59 Å². The molecule has 0 aliphatic carbocycles. The third-order valence-corrected chi connectivity index (χ3v) is 3.79. The second-order valence-electron chi connectivity index (χ2n) is 5.33. The molecule has 0 spiro atoms. The van der Waals surface area contributed by atoms with E-state index in [4.69, 9.17) is 9.47 Å². The lowest BCUT2D eigenvalue weighted by Gasteiger charge is -2.27. The third kappa shape index (κ3) is 5.47. The van der Waals surface area contributed by atoms with E-state index in [1.165, 1.54) is 14.0 Å². The van der Waals surface area contributed by atoms with Gasteiger partial charge in [-0.1, -0.05) is 6.92 Å². The highest BCUT2D eigenvalue weighted by Gasteiger charge is 2.17. The number of carbonyl (C=O) groups excluding carboxylic acids is 2. The van der Waals surface area contributed by atoms with E-state index in [1.807, 2.05) is 13.8 Å². The van der Waals surface area contributed by atoms with Crippen LogP contribution in [0, 0.1) is 0 Å². The molecule has 0 saturated heterocycles. The molecule has 1 rings (SSSR count). The van der Waals surface area contributed by atoms with E-state index in [9.17, 15) is 9.59 Å². The minimum Gasteiger partial charge on any atom is -0.497 e. The van der Waals surface area contributed by atoms with Gasteiger partial charge in [-0.05, 0) is 25.5 Å². The Labute approximate surface area is 137 Å². The molecule has 0 saturated carbocycles. The van der Waals surface area contributed by atoms with Crippen molar-refractivity contribution in [1.82, 2.24) is 4.90 Å². The highest BCUT2D eigenvalue weighted by molar-refractivity contribution is 5.93. The molecule has 128 valence electrons. The summed E-state index contributed by atoms with van der Waals surface area (Å²) in [7, 11) is 3.10. The maximum Gasteiger partial charge on any atom is 0.226 e. The summed E-state index contributed by atoms with van der Waals surface area (Å²) in [5, 5.41) is 2.81. The van der Waals surface area contributed by atoms with Gasteiger partial charge in [0.2, 0.25) is 11.8 Å². The zero-order chi connectivity index (χ0) is 17.4. The molecule has 1 aromatic carbocycles. The van der Waals surface area contributed by atoms with Gasteiger partial charge in [-0.25, -0.2) is 0 Å². The molecule has 2 amide bonds. The number of hydrogen-bond acceptors (Lipinski definition) is 4. The molecule has 0 aromatic heterocycles. The highest BCUT2D eigenvalue weighted by atomic mass is 16.5. The number of amides is 2. The van der Waals surface area contributed by atoms with E-state index < -0.39 is 0 Å². The molecule has 1 N–H and O–H groups in total. The number of ether oxygens (including phenoxy) is 2. The van der Waals surface area contributed by atoms with Crippen LogP contribution in [0.5, 0.6) is 11.5 Å². The first-order valence-electron chi connectivity index (χ1n) is 7.72. The summed E-state index contributed by atoms with van der Waals surface area (Å²) >= 11 is 0. The molecule has 6 heteroatoms. The van der Waals surface area contributed by atoms with Crippen LogP contribution in [0.25, 0.3) is 0 Å². The fourth-order valence-corrected chi connectivity index (χ4v) is 2.26. The van der Waals surface area contributed by atoms with Gasteiger partial charge >= 0.3 is 0 Å². The third-order valence-electron chi connectivity index (χ3n) is 3.79. The first-order chi connectivity index (χ1) is 10.9. The van der Waals surface area contributed by atoms with Gasteiger partial charge in [-0.15, -0.1) is 0 Å². The number of methoxy groups -OCH3 is 2. The van der Waals surface area contributed by atoms with Gasteiger partial charge in [0.15, 0.2) is 0 Å². The average Bonchev–Trinajstić information content (AvgIpc) is 2.54. The summed E-state index contributed by atoms with van der Waals surface area (Å²) in [6.45, 7) is 5.91. The van der Waals surface area contributed by atoms with Gasteiger partial charge in [0.1, 0.15) is 11.5 Å². The van der Waals surface area contributed by atoms with Gasteiger partial charge < -0.3 is 19.7 Å². The summed E-state index contributed by atoms with van der Waals surface area (Å²) in [6.07, 6.45) is 1.08. The van der Waals surface area contributed by atoms with Crippen LogP contribution >= 0.6 is 0 Å². The van der Waals surface area contributed by atoms with Crippen molar-refractivity contribution in [2.24, 2.45) is 0 Å². The number of benzene rings is 1. The highest BCUT2D eigenvalue weighted by Crippen LogP contribution is 2.28. The number of nitrogens with one attached hydrogen (secondary N) is 1. The summed E-state index contributed by atoms with van der Waals surface area (Å²) in [5.41, 5.74) is 0.551. The Kier molecular flexibility index (Phi) is 7.38. The summed E-state index contributed by atoms with van der Waals surface area (Å²) in [4.78, 5) is 25.5. The maximum atomic E-state index is 12.2. The molecule has 0 heterocycles. The van der Waals surface area contributed by atoms with E-state index >= 15 is 0 Å². The minimum atomic E-state index is -0.175. The number of hydrogen-bond donors (Lipinski definition) is 1. The Hall–Kier alpha value is -2.24. The molecule has 1 atom stereocenters. The molecule has 0 fully saturated rings. The predicted molar refractivity (Wildman–Crippen MR) is 89.9 cm³/mol. The second kappa shape index (κ2) is 9.02. The van der Waals surface area contributed by atoms with E-state index in [2.05, 4.69) is 5.32 Å². The molecule has 23 heavy (non-hydrogen) atoms. The van der Waals surface area contributed by atoms with Crippen LogP contribution in [0.15, 0.2) is 18.2 Å². The standard InChI is InChI=1S/C17H26N2O4/c1-6-12(2)19(13(3)20)10-9-17(21)18-15-11-14(22-4)7-8-16(15)23-5/h7-8,11-12H,6,9-10H2,1-5H3,(H,18,21). The molecule has 0 aliphatic rings. The summed E-state index contributed by atoms with van der Waals surface area (Å²) in [6, 6.07) is 5.31. The lowest BCUT2D eigenvalue weighted by molar-refractivity contribution is -0.131. The normalized spacial score (nSPS) is 11.5. The number of carbonyl (C=O) groups is 2. The molecule has 1 unspecified atom stereocenters. The Morgan fingerprint density at radius 3 is 2.48 bits per heavy atom. The number of anilines is 1. The SMILES string of the molecule is CCC(C)N(CCC(=O)Nc1cc(OC)ccc1OC)C(C)=O. The monoisotopic (exact) mass is 322 g/mol. The lowest BCUT2D eigenvalue weighted by Crippen LogP contribution is -2.38. The van der Waals surface area contributed by atoms with Crippen molar-refractivity contribution >= 4 is 17.5 Å². The molecular formula is C17H26N2O4. The quantitative estimate of drug-likeness (QED) is 0.799. The zero-order valence-electron chi connectivity index (χ0n) is 14.5.